The molecule has 2 heterocycles. The normalized spacial score (nSPS) is 24.4. The monoisotopic (exact) mass is 1390 g/mol. The highest BCUT2D eigenvalue weighted by Gasteiger charge is 2.37. The maximum atomic E-state index is 14.9. The lowest BCUT2D eigenvalue weighted by Crippen LogP contribution is -2.51. The summed E-state index contributed by atoms with van der Waals surface area (Å²) in [6.07, 6.45) is 9.86. The van der Waals surface area contributed by atoms with E-state index in [1.54, 1.807) is 52.0 Å². The number of ether oxygens (including phenoxy) is 4. The van der Waals surface area contributed by atoms with Gasteiger partial charge in [0.1, 0.15) is 36.2 Å². The van der Waals surface area contributed by atoms with Gasteiger partial charge in [-0.1, -0.05) is 13.2 Å². The Morgan fingerprint density at radius 2 is 0.614 bits per heavy atom. The minimum atomic E-state index is -1.23. The second-order valence-corrected chi connectivity index (χ2v) is 28.0. The van der Waals surface area contributed by atoms with Gasteiger partial charge in [-0.05, 0) is 213 Å². The Hall–Kier alpha value is -9.82. The van der Waals surface area contributed by atoms with Crippen molar-refractivity contribution in [2.45, 2.75) is 179 Å². The topological polar surface area (TPSA) is 368 Å². The Labute approximate surface area is 587 Å². The summed E-state index contributed by atoms with van der Waals surface area (Å²) < 4.78 is 25.7. The highest BCUT2D eigenvalue weighted by molar-refractivity contribution is 6.08. The summed E-state index contributed by atoms with van der Waals surface area (Å²) in [5.74, 6) is -7.10. The molecule has 6 aliphatic rings. The fourth-order valence-electron chi connectivity index (χ4n) is 14.7. The van der Waals surface area contributed by atoms with Crippen LogP contribution in [0.5, 0.6) is 23.0 Å². The molecule has 8 atom stereocenters. The molecule has 26 nitrogen and oxygen atoms in total. The molecule has 26 heteroatoms. The van der Waals surface area contributed by atoms with Crippen LogP contribution in [-0.2, 0) is 19.1 Å². The number of carbonyl (C=O) groups excluding carboxylic acids is 10. The summed E-state index contributed by atoms with van der Waals surface area (Å²) in [7, 11) is 0. The second kappa shape index (κ2) is 33.6. The summed E-state index contributed by atoms with van der Waals surface area (Å²) >= 11 is 0. The van der Waals surface area contributed by atoms with Crippen molar-refractivity contribution in [1.29, 1.82) is 0 Å². The van der Waals surface area contributed by atoms with Gasteiger partial charge in [0.05, 0.1) is 76.4 Å². The van der Waals surface area contributed by atoms with Gasteiger partial charge in [0.2, 0.25) is 11.8 Å². The van der Waals surface area contributed by atoms with Crippen LogP contribution in [0.15, 0.2) is 73.8 Å². The molecular formula is C75H94N10O16. The number of benzene rings is 4. The fraction of sp³-hybridized carbons (Fsp3) is 0.493. The highest BCUT2D eigenvalue weighted by atomic mass is 16.5. The number of phenolic OH excluding ortho intramolecular Hbond substituents is 2. The lowest BCUT2D eigenvalue weighted by atomic mass is 9.89. The number of aryl methyl sites for hydroxylation is 4. The van der Waals surface area contributed by atoms with Crippen LogP contribution in [0.1, 0.15) is 208 Å². The van der Waals surface area contributed by atoms with Crippen molar-refractivity contribution in [2.24, 2.45) is 5.41 Å². The summed E-state index contributed by atoms with van der Waals surface area (Å²) in [6, 6.07) is 8.45. The summed E-state index contributed by atoms with van der Waals surface area (Å²) in [5, 5.41) is 53.7. The first-order chi connectivity index (χ1) is 48.4. The SMILES string of the molecule is C=CC(=O)NCC1(CNC(=O)C=C)COCCOc2c3cc(C)cc2C(=O)NC2CCCC(C2)NC(=O)c2cc(C)cc(c2O)C(=O)NC2CCCC(C2)NC(=O)c2cc(C)cc(c2OCCOC1)C(=O)NC1CCCC(C1)NC(=O)c1cc(C)cc(c1O)C(=O)NC1CCCC(C1)NC3=O. The van der Waals surface area contributed by atoms with Crippen molar-refractivity contribution < 1.29 is 77.1 Å². The predicted octanol–water partition coefficient (Wildman–Crippen LogP) is 5.92. The smallest absolute Gasteiger partial charge is 0.255 e. The minimum Gasteiger partial charge on any atom is -0.506 e. The third kappa shape index (κ3) is 19.0. The van der Waals surface area contributed by atoms with E-state index >= 15 is 0 Å². The Kier molecular flexibility index (Phi) is 24.6. The van der Waals surface area contributed by atoms with Gasteiger partial charge in [-0.2, -0.15) is 0 Å². The number of carbonyl (C=O) groups is 10. The van der Waals surface area contributed by atoms with Gasteiger partial charge in [-0.3, -0.25) is 47.9 Å². The molecule has 4 aliphatic carbocycles. The molecule has 8 unspecified atom stereocenters. The lowest BCUT2D eigenvalue weighted by Gasteiger charge is -2.33. The van der Waals surface area contributed by atoms with E-state index in [1.165, 1.54) is 24.3 Å². The number of phenols is 2. The quantitative estimate of drug-likeness (QED) is 0.0996. The molecule has 4 aromatic rings. The van der Waals surface area contributed by atoms with E-state index in [2.05, 4.69) is 66.3 Å². The molecule has 10 rings (SSSR count). The van der Waals surface area contributed by atoms with Crippen LogP contribution in [0.4, 0.5) is 0 Å². The van der Waals surface area contributed by atoms with Crippen LogP contribution in [-0.4, -0.2) is 170 Å². The van der Waals surface area contributed by atoms with Crippen LogP contribution in [0.25, 0.3) is 0 Å². The van der Waals surface area contributed by atoms with E-state index in [0.717, 1.165) is 12.2 Å². The van der Waals surface area contributed by atoms with Gasteiger partial charge in [0, 0.05) is 61.4 Å². The van der Waals surface area contributed by atoms with Crippen LogP contribution in [0.3, 0.4) is 0 Å². The first-order valence-electron chi connectivity index (χ1n) is 35.1. The molecule has 4 fully saturated rings. The van der Waals surface area contributed by atoms with Crippen molar-refractivity contribution in [3.05, 3.63) is 141 Å². The predicted molar refractivity (Wildman–Crippen MR) is 373 cm³/mol. The van der Waals surface area contributed by atoms with E-state index in [9.17, 15) is 58.2 Å². The minimum absolute atomic E-state index is 0.0156. The molecule has 0 radical (unpaired) electrons. The number of amides is 10. The third-order valence-corrected chi connectivity index (χ3v) is 19.7. The summed E-state index contributed by atoms with van der Waals surface area (Å²) in [4.78, 5) is 143. The number of hydrogen-bond acceptors (Lipinski definition) is 16. The Morgan fingerprint density at radius 3 is 0.842 bits per heavy atom. The van der Waals surface area contributed by atoms with E-state index in [4.69, 9.17) is 18.9 Å². The van der Waals surface area contributed by atoms with Gasteiger partial charge >= 0.3 is 0 Å². The molecule has 4 aromatic carbocycles. The van der Waals surface area contributed by atoms with Crippen LogP contribution in [0, 0.1) is 33.1 Å². The van der Waals surface area contributed by atoms with Gasteiger partial charge in [-0.25, -0.2) is 0 Å². The van der Waals surface area contributed by atoms with E-state index in [0.29, 0.717) is 99.3 Å². The largest absolute Gasteiger partial charge is 0.506 e. The standard InChI is InChI=1S/C75H94N10O16/c1-7-61(86)76-37-75(38-77-62(87)8-2)39-98-21-23-100-65-57-29-43(5)31-59(65)73(96)84-51-19-11-15-47(35-51)80-69(92)55-27-42(4)28-56(64(55)89)70(93)81-48-16-12-20-52(36-48)85-74(97)60-32-44(6)30-58(66(60)101-24-22-99-40-75)72(95)83-50-18-10-14-46(34-50)79-68(91)54-26-41(3)25-53(63(54)88)67(90)78-45-13-9-17-49(33-45)82-71(57)94/h7-8,25-32,45-52,88-89H,1-2,9-24,33-40H2,3-6H3,(H,76,86)(H,77,87)(H,78,90)(H,79,91)(H,80,92)(H,81,93)(H,82,94)(H,83,95)(H,84,96)(H,85,97). The Bertz CT molecular complexity index is 3440. The fourth-order valence-corrected chi connectivity index (χ4v) is 14.7. The summed E-state index contributed by atoms with van der Waals surface area (Å²) in [5.41, 5.74) is 0.504. The van der Waals surface area contributed by atoms with Crippen LogP contribution < -0.4 is 62.6 Å². The van der Waals surface area contributed by atoms with E-state index in [-0.39, 0.29) is 134 Å². The zero-order valence-corrected chi connectivity index (χ0v) is 57.9. The molecule has 14 bridgehead atoms. The van der Waals surface area contributed by atoms with Crippen molar-refractivity contribution in [2.75, 3.05) is 52.7 Å². The average Bonchev–Trinajstić information content (AvgIpc) is 0.814. The zero-order valence-electron chi connectivity index (χ0n) is 57.9. The maximum absolute atomic E-state index is 14.9. The first kappa shape index (κ1) is 73.9. The van der Waals surface area contributed by atoms with Gasteiger partial charge in [0.25, 0.3) is 47.3 Å². The Morgan fingerprint density at radius 1 is 0.396 bits per heavy atom. The summed E-state index contributed by atoms with van der Waals surface area (Å²) in [6.45, 7) is 12.6. The molecule has 101 heavy (non-hydrogen) atoms. The number of aromatic hydroxyl groups is 2. The lowest BCUT2D eigenvalue weighted by molar-refractivity contribution is -0.118. The van der Waals surface area contributed by atoms with Gasteiger partial charge < -0.3 is 82.3 Å². The number of hydrogen-bond donors (Lipinski definition) is 12. The van der Waals surface area contributed by atoms with Crippen LogP contribution >= 0.6 is 0 Å². The number of rotatable bonds is 6. The van der Waals surface area contributed by atoms with Crippen molar-refractivity contribution in [3.8, 4) is 23.0 Å². The average molecular weight is 1390 g/mol. The molecule has 4 saturated carbocycles. The molecule has 12 N–H and O–H groups in total. The number of nitrogens with one attached hydrogen (secondary N) is 10. The Balaban J connectivity index is 1.05. The van der Waals surface area contributed by atoms with Crippen molar-refractivity contribution in [3.63, 3.8) is 0 Å². The highest BCUT2D eigenvalue weighted by Crippen LogP contribution is 2.34. The molecule has 10 amide bonds. The first-order valence-corrected chi connectivity index (χ1v) is 35.1. The van der Waals surface area contributed by atoms with E-state index < -0.39 is 124 Å². The third-order valence-electron chi connectivity index (χ3n) is 19.7. The van der Waals surface area contributed by atoms with Gasteiger partial charge in [0.15, 0.2) is 0 Å². The molecule has 0 spiro atoms. The zero-order chi connectivity index (χ0) is 72.1. The molecule has 540 valence electrons. The second-order valence-electron chi connectivity index (χ2n) is 28.0. The molecular weight excluding hydrogens is 1300 g/mol. The van der Waals surface area contributed by atoms with Crippen molar-refractivity contribution in [1.82, 2.24) is 53.2 Å². The molecule has 0 saturated heterocycles. The number of fused-ring (bicyclic) bond motifs is 22. The van der Waals surface area contributed by atoms with E-state index in [1.807, 2.05) is 0 Å². The molecule has 2 aliphatic heterocycles. The van der Waals surface area contributed by atoms with Gasteiger partial charge in [-0.15, -0.1) is 0 Å². The molecule has 0 aromatic heterocycles. The maximum Gasteiger partial charge on any atom is 0.255 e. The van der Waals surface area contributed by atoms with Crippen LogP contribution in [0.2, 0.25) is 0 Å². The van der Waals surface area contributed by atoms with Crippen molar-refractivity contribution >= 4 is 59.1 Å².